The summed E-state index contributed by atoms with van der Waals surface area (Å²) >= 11 is 0. The predicted octanol–water partition coefficient (Wildman–Crippen LogP) is 3.99. The Morgan fingerprint density at radius 1 is 1.10 bits per heavy atom. The monoisotopic (exact) mass is 285 g/mol. The summed E-state index contributed by atoms with van der Waals surface area (Å²) in [4.78, 5) is 14.5. The highest BCUT2D eigenvalue weighted by Gasteiger charge is 2.18. The molecule has 21 heavy (non-hydrogen) atoms. The number of hydrogen-bond donors (Lipinski definition) is 0. The number of nitrogens with zero attached hydrogens (tertiary/aromatic N) is 1. The van der Waals surface area contributed by atoms with Crippen molar-refractivity contribution in [3.05, 3.63) is 35.1 Å². The van der Waals surface area contributed by atoms with Crippen LogP contribution in [0.1, 0.15) is 42.4 Å². The van der Waals surface area contributed by atoms with E-state index in [4.69, 9.17) is 4.42 Å². The molecule has 0 radical (unpaired) electrons. The zero-order valence-electron chi connectivity index (χ0n) is 12.9. The number of carbonyl (C=O) groups excluding carboxylic acids is 1. The number of carbonyl (C=O) groups is 1. The lowest BCUT2D eigenvalue weighted by Crippen LogP contribution is -2.33. The highest BCUT2D eigenvalue weighted by molar-refractivity contribution is 5.88. The van der Waals surface area contributed by atoms with Gasteiger partial charge in [0.15, 0.2) is 0 Å². The maximum atomic E-state index is 12.5. The van der Waals surface area contributed by atoms with Gasteiger partial charge in [-0.1, -0.05) is 12.8 Å². The lowest BCUT2D eigenvalue weighted by atomic mass is 10.0. The lowest BCUT2D eigenvalue weighted by Gasteiger charge is -2.19. The van der Waals surface area contributed by atoms with Gasteiger partial charge >= 0.3 is 0 Å². The highest BCUT2D eigenvalue weighted by Crippen LogP contribution is 2.25. The van der Waals surface area contributed by atoms with E-state index < -0.39 is 0 Å². The number of fused-ring (bicyclic) bond motifs is 1. The largest absolute Gasteiger partial charge is 0.464 e. The Kier molecular flexibility index (Phi) is 4.00. The average Bonchev–Trinajstić information content (AvgIpc) is 2.69. The first-order valence-corrected chi connectivity index (χ1v) is 7.90. The Balaban J connectivity index is 1.81. The van der Waals surface area contributed by atoms with Crippen LogP contribution in [0.2, 0.25) is 0 Å². The van der Waals surface area contributed by atoms with Crippen molar-refractivity contribution in [3.8, 4) is 0 Å². The van der Waals surface area contributed by atoms with Crippen LogP contribution in [-0.2, 0) is 11.2 Å². The summed E-state index contributed by atoms with van der Waals surface area (Å²) in [5.74, 6) is 0.234. The number of amides is 1. The van der Waals surface area contributed by atoms with Gasteiger partial charge < -0.3 is 9.32 Å². The molecule has 1 fully saturated rings. The van der Waals surface area contributed by atoms with Crippen LogP contribution >= 0.6 is 0 Å². The minimum atomic E-state index is 0.234. The number of likely N-dealkylation sites (tertiary alicyclic amines) is 1. The Morgan fingerprint density at radius 2 is 1.76 bits per heavy atom. The second-order valence-corrected chi connectivity index (χ2v) is 6.17. The number of rotatable bonds is 2. The third kappa shape index (κ3) is 2.97. The van der Waals surface area contributed by atoms with Gasteiger partial charge in [-0.05, 0) is 49.9 Å². The van der Waals surface area contributed by atoms with Crippen molar-refractivity contribution in [1.82, 2.24) is 4.90 Å². The Morgan fingerprint density at radius 3 is 2.48 bits per heavy atom. The molecule has 3 heteroatoms. The van der Waals surface area contributed by atoms with E-state index >= 15 is 0 Å². The molecule has 2 aromatic rings. The molecule has 2 heterocycles. The molecule has 0 unspecified atom stereocenters. The van der Waals surface area contributed by atoms with Crippen molar-refractivity contribution in [2.45, 2.75) is 46.0 Å². The van der Waals surface area contributed by atoms with Crippen LogP contribution in [0.5, 0.6) is 0 Å². The van der Waals surface area contributed by atoms with Gasteiger partial charge in [0.05, 0.1) is 12.7 Å². The van der Waals surface area contributed by atoms with E-state index in [1.165, 1.54) is 24.0 Å². The Labute approximate surface area is 125 Å². The van der Waals surface area contributed by atoms with Crippen molar-refractivity contribution >= 4 is 16.9 Å². The van der Waals surface area contributed by atoms with Crippen LogP contribution in [0.4, 0.5) is 0 Å². The van der Waals surface area contributed by atoms with Crippen LogP contribution < -0.4 is 0 Å². The number of furan rings is 1. The molecule has 0 atom stereocenters. The summed E-state index contributed by atoms with van der Waals surface area (Å²) in [6.07, 6.45) is 6.97. The molecule has 1 aliphatic heterocycles. The normalized spacial score (nSPS) is 16.2. The van der Waals surface area contributed by atoms with E-state index in [-0.39, 0.29) is 5.91 Å². The fraction of sp³-hybridized carbons (Fsp3) is 0.500. The minimum absolute atomic E-state index is 0.234. The van der Waals surface area contributed by atoms with Gasteiger partial charge in [-0.3, -0.25) is 4.79 Å². The zero-order valence-corrected chi connectivity index (χ0v) is 12.9. The molecule has 1 aromatic carbocycles. The summed E-state index contributed by atoms with van der Waals surface area (Å²) in [7, 11) is 0. The van der Waals surface area contributed by atoms with E-state index in [2.05, 4.69) is 26.0 Å². The van der Waals surface area contributed by atoms with Crippen molar-refractivity contribution < 1.29 is 9.21 Å². The summed E-state index contributed by atoms with van der Waals surface area (Å²) in [5, 5.41) is 1.08. The smallest absolute Gasteiger partial charge is 0.227 e. The van der Waals surface area contributed by atoms with Crippen LogP contribution in [0.15, 0.2) is 22.8 Å². The Bertz CT molecular complexity index is 649. The second-order valence-electron chi connectivity index (χ2n) is 6.17. The van der Waals surface area contributed by atoms with E-state index in [1.807, 2.05) is 4.90 Å². The van der Waals surface area contributed by atoms with Gasteiger partial charge in [0.1, 0.15) is 5.58 Å². The van der Waals surface area contributed by atoms with Crippen LogP contribution in [0, 0.1) is 13.8 Å². The number of benzene rings is 1. The molecule has 0 bridgehead atoms. The molecule has 1 aromatic heterocycles. The minimum Gasteiger partial charge on any atom is -0.464 e. The molecule has 0 saturated carbocycles. The van der Waals surface area contributed by atoms with Gasteiger partial charge in [0, 0.05) is 24.0 Å². The third-order valence-corrected chi connectivity index (χ3v) is 4.57. The molecular weight excluding hydrogens is 262 g/mol. The Hall–Kier alpha value is -1.77. The fourth-order valence-corrected chi connectivity index (χ4v) is 3.07. The molecule has 1 saturated heterocycles. The van der Waals surface area contributed by atoms with Gasteiger partial charge in [0.2, 0.25) is 5.91 Å². The summed E-state index contributed by atoms with van der Waals surface area (Å²) < 4.78 is 5.63. The molecule has 0 N–H and O–H groups in total. The van der Waals surface area contributed by atoms with Gasteiger partial charge in [0.25, 0.3) is 0 Å². The van der Waals surface area contributed by atoms with E-state index in [1.54, 1.807) is 6.26 Å². The molecule has 3 nitrogen and oxygen atoms in total. The van der Waals surface area contributed by atoms with E-state index in [0.29, 0.717) is 6.42 Å². The fourth-order valence-electron chi connectivity index (χ4n) is 3.07. The summed E-state index contributed by atoms with van der Waals surface area (Å²) in [5.41, 5.74) is 4.37. The van der Waals surface area contributed by atoms with Crippen LogP contribution in [0.25, 0.3) is 11.0 Å². The first-order chi connectivity index (χ1) is 10.1. The highest BCUT2D eigenvalue weighted by atomic mass is 16.3. The molecule has 1 amide bonds. The third-order valence-electron chi connectivity index (χ3n) is 4.57. The zero-order chi connectivity index (χ0) is 14.8. The molecule has 0 spiro atoms. The predicted molar refractivity (Wildman–Crippen MR) is 84.4 cm³/mol. The quantitative estimate of drug-likeness (QED) is 0.835. The second kappa shape index (κ2) is 5.92. The van der Waals surface area contributed by atoms with E-state index in [9.17, 15) is 4.79 Å². The van der Waals surface area contributed by atoms with Gasteiger partial charge in [-0.2, -0.15) is 0 Å². The topological polar surface area (TPSA) is 33.5 Å². The maximum Gasteiger partial charge on any atom is 0.227 e. The van der Waals surface area contributed by atoms with Crippen LogP contribution in [0.3, 0.4) is 0 Å². The van der Waals surface area contributed by atoms with Gasteiger partial charge in [-0.15, -0.1) is 0 Å². The first-order valence-electron chi connectivity index (χ1n) is 7.90. The van der Waals surface area contributed by atoms with Crippen molar-refractivity contribution in [3.63, 3.8) is 0 Å². The van der Waals surface area contributed by atoms with Crippen molar-refractivity contribution in [1.29, 1.82) is 0 Å². The summed E-state index contributed by atoms with van der Waals surface area (Å²) in [6.45, 7) is 6.00. The van der Waals surface area contributed by atoms with Crippen molar-refractivity contribution in [2.24, 2.45) is 0 Å². The number of hydrogen-bond acceptors (Lipinski definition) is 2. The summed E-state index contributed by atoms with van der Waals surface area (Å²) in [6, 6.07) is 4.20. The molecule has 3 rings (SSSR count). The van der Waals surface area contributed by atoms with Crippen LogP contribution in [-0.4, -0.2) is 23.9 Å². The van der Waals surface area contributed by atoms with Crippen molar-refractivity contribution in [2.75, 3.05) is 13.1 Å². The SMILES string of the molecule is Cc1cc2occ(CC(=O)N3CCCCCC3)c2cc1C. The molecule has 0 aliphatic carbocycles. The maximum absolute atomic E-state index is 12.5. The molecular formula is C18H23NO2. The number of aryl methyl sites for hydroxylation is 2. The average molecular weight is 285 g/mol. The molecule has 1 aliphatic rings. The molecule has 112 valence electrons. The van der Waals surface area contributed by atoms with Gasteiger partial charge in [-0.25, -0.2) is 0 Å². The lowest BCUT2D eigenvalue weighted by molar-refractivity contribution is -0.130. The first kappa shape index (κ1) is 14.2. The van der Waals surface area contributed by atoms with E-state index in [0.717, 1.165) is 42.5 Å². The standard InChI is InChI=1S/C18H23NO2/c1-13-9-16-15(12-21-17(16)10-14(13)2)11-18(20)19-7-5-3-4-6-8-19/h9-10,12H,3-8,11H2,1-2H3.